The first-order chi connectivity index (χ1) is 8.80. The lowest BCUT2D eigenvalue weighted by Gasteiger charge is -2.28. The summed E-state index contributed by atoms with van der Waals surface area (Å²) in [6.45, 7) is 2.97. The maximum atomic E-state index is 12.0. The zero-order valence-corrected chi connectivity index (χ0v) is 12.2. The van der Waals surface area contributed by atoms with Gasteiger partial charge in [0.1, 0.15) is 0 Å². The summed E-state index contributed by atoms with van der Waals surface area (Å²) in [5, 5.41) is 14.1. The molecule has 0 saturated carbocycles. The molecule has 0 aromatic heterocycles. The number of hydrogen-bond acceptors (Lipinski definition) is 3. The number of halogens is 4. The van der Waals surface area contributed by atoms with Gasteiger partial charge in [0, 0.05) is 6.42 Å². The van der Waals surface area contributed by atoms with E-state index in [1.165, 1.54) is 0 Å². The molecule has 1 aliphatic heterocycles. The van der Waals surface area contributed by atoms with Gasteiger partial charge in [0.25, 0.3) is 0 Å². The predicted octanol–water partition coefficient (Wildman–Crippen LogP) is 1.47. The highest BCUT2D eigenvalue weighted by molar-refractivity contribution is 5.85. The number of rotatable bonds is 5. The first kappa shape index (κ1) is 19.5. The Labute approximate surface area is 122 Å². The van der Waals surface area contributed by atoms with Crippen molar-refractivity contribution >= 4 is 18.3 Å². The van der Waals surface area contributed by atoms with E-state index in [4.69, 9.17) is 5.11 Å². The number of aliphatic hydroxyl groups is 1. The third kappa shape index (κ3) is 6.76. The van der Waals surface area contributed by atoms with E-state index in [9.17, 15) is 18.0 Å². The maximum absolute atomic E-state index is 12.0. The van der Waals surface area contributed by atoms with Gasteiger partial charge in [-0.05, 0) is 37.8 Å². The monoisotopic (exact) mass is 318 g/mol. The van der Waals surface area contributed by atoms with Crippen molar-refractivity contribution in [3.05, 3.63) is 0 Å². The second-order valence-electron chi connectivity index (χ2n) is 5.15. The summed E-state index contributed by atoms with van der Waals surface area (Å²) < 4.78 is 36.1. The van der Waals surface area contributed by atoms with Crippen molar-refractivity contribution in [1.82, 2.24) is 10.6 Å². The molecule has 3 atom stereocenters. The molecule has 8 heteroatoms. The minimum absolute atomic E-state index is 0. The average molecular weight is 319 g/mol. The summed E-state index contributed by atoms with van der Waals surface area (Å²) >= 11 is 0. The molecular formula is C12H22ClF3N2O2. The van der Waals surface area contributed by atoms with Crippen molar-refractivity contribution in [2.45, 2.75) is 38.5 Å². The fourth-order valence-electron chi connectivity index (χ4n) is 2.22. The molecule has 1 saturated heterocycles. The van der Waals surface area contributed by atoms with Crippen LogP contribution in [0.15, 0.2) is 0 Å². The minimum atomic E-state index is -4.69. The Hall–Kier alpha value is -0.530. The molecule has 1 rings (SSSR count). The van der Waals surface area contributed by atoms with Crippen molar-refractivity contribution in [3.8, 4) is 0 Å². The molecule has 120 valence electrons. The van der Waals surface area contributed by atoms with Crippen LogP contribution in [-0.2, 0) is 4.79 Å². The van der Waals surface area contributed by atoms with Crippen molar-refractivity contribution in [1.29, 1.82) is 0 Å². The molecule has 1 heterocycles. The van der Waals surface area contributed by atoms with E-state index in [1.54, 1.807) is 0 Å². The number of amides is 1. The Bertz CT molecular complexity index is 297. The molecule has 0 radical (unpaired) electrons. The lowest BCUT2D eigenvalue weighted by molar-refractivity contribution is -0.201. The highest BCUT2D eigenvalue weighted by atomic mass is 35.5. The fourth-order valence-corrected chi connectivity index (χ4v) is 2.22. The number of hydrogen-bond donors (Lipinski definition) is 3. The highest BCUT2D eigenvalue weighted by Crippen LogP contribution is 2.22. The van der Waals surface area contributed by atoms with Crippen LogP contribution in [0.1, 0.15) is 26.2 Å². The molecule has 1 amide bonds. The predicted molar refractivity (Wildman–Crippen MR) is 71.7 cm³/mol. The van der Waals surface area contributed by atoms with Gasteiger partial charge >= 0.3 is 6.18 Å². The fraction of sp³-hybridized carbons (Fsp3) is 0.917. The van der Waals surface area contributed by atoms with Crippen LogP contribution in [0.4, 0.5) is 13.2 Å². The standard InChI is InChI=1S/C12H21F3N2O2.ClH/c1-8(9-3-2-4-16-6-9)5-11(19)17-7-10(18)12(13,14)15;/h8-10,16,18H,2-7H2,1H3,(H,17,19);1H. The Balaban J connectivity index is 0.00000361. The van der Waals surface area contributed by atoms with Gasteiger partial charge in [0.2, 0.25) is 5.91 Å². The molecule has 1 aliphatic rings. The Kier molecular flexibility index (Phi) is 8.46. The van der Waals surface area contributed by atoms with Crippen molar-refractivity contribution in [3.63, 3.8) is 0 Å². The Morgan fingerprint density at radius 3 is 2.65 bits per heavy atom. The molecule has 0 aromatic rings. The van der Waals surface area contributed by atoms with E-state index < -0.39 is 24.7 Å². The maximum Gasteiger partial charge on any atom is 0.416 e. The van der Waals surface area contributed by atoms with Crippen molar-refractivity contribution in [2.75, 3.05) is 19.6 Å². The number of nitrogens with one attached hydrogen (secondary N) is 2. The van der Waals surface area contributed by atoms with Gasteiger partial charge in [-0.1, -0.05) is 6.92 Å². The first-order valence-electron chi connectivity index (χ1n) is 6.53. The van der Waals surface area contributed by atoms with E-state index >= 15 is 0 Å². The van der Waals surface area contributed by atoms with Crippen LogP contribution in [0.3, 0.4) is 0 Å². The highest BCUT2D eigenvalue weighted by Gasteiger charge is 2.38. The molecule has 0 aliphatic carbocycles. The number of piperidine rings is 1. The topological polar surface area (TPSA) is 61.4 Å². The van der Waals surface area contributed by atoms with Crippen molar-refractivity contribution < 1.29 is 23.1 Å². The third-order valence-electron chi connectivity index (χ3n) is 3.52. The molecule has 0 bridgehead atoms. The molecule has 0 spiro atoms. The van der Waals surface area contributed by atoms with E-state index in [2.05, 4.69) is 10.6 Å². The summed E-state index contributed by atoms with van der Waals surface area (Å²) in [7, 11) is 0. The third-order valence-corrected chi connectivity index (χ3v) is 3.52. The summed E-state index contributed by atoms with van der Waals surface area (Å²) in [6.07, 6.45) is -4.90. The summed E-state index contributed by atoms with van der Waals surface area (Å²) in [5.41, 5.74) is 0. The van der Waals surface area contributed by atoms with Crippen LogP contribution in [0.25, 0.3) is 0 Å². The van der Waals surface area contributed by atoms with Gasteiger partial charge < -0.3 is 15.7 Å². The van der Waals surface area contributed by atoms with E-state index in [1.807, 2.05) is 6.92 Å². The SMILES string of the molecule is CC(CC(=O)NCC(O)C(F)(F)F)C1CCCNC1.Cl. The Morgan fingerprint density at radius 1 is 1.50 bits per heavy atom. The zero-order valence-electron chi connectivity index (χ0n) is 11.4. The minimum Gasteiger partial charge on any atom is -0.382 e. The van der Waals surface area contributed by atoms with Gasteiger partial charge in [-0.15, -0.1) is 12.4 Å². The van der Waals surface area contributed by atoms with Gasteiger partial charge in [0.05, 0.1) is 6.54 Å². The number of alkyl halides is 3. The van der Waals surface area contributed by atoms with Crippen molar-refractivity contribution in [2.24, 2.45) is 11.8 Å². The van der Waals surface area contributed by atoms with Crippen LogP contribution in [0.5, 0.6) is 0 Å². The van der Waals surface area contributed by atoms with Crippen LogP contribution in [0, 0.1) is 11.8 Å². The number of carbonyl (C=O) groups is 1. The second-order valence-corrected chi connectivity index (χ2v) is 5.15. The quantitative estimate of drug-likeness (QED) is 0.719. The molecular weight excluding hydrogens is 297 g/mol. The van der Waals surface area contributed by atoms with Gasteiger partial charge in [-0.3, -0.25) is 4.79 Å². The summed E-state index contributed by atoms with van der Waals surface area (Å²) in [6, 6.07) is 0. The van der Waals surface area contributed by atoms with Crippen LogP contribution < -0.4 is 10.6 Å². The lowest BCUT2D eigenvalue weighted by Crippen LogP contribution is -2.41. The number of aliphatic hydroxyl groups excluding tert-OH is 1. The molecule has 3 N–H and O–H groups in total. The molecule has 4 nitrogen and oxygen atoms in total. The van der Waals surface area contributed by atoms with Gasteiger partial charge in [-0.2, -0.15) is 13.2 Å². The van der Waals surface area contributed by atoms with Crippen LogP contribution in [0.2, 0.25) is 0 Å². The normalized spacial score (nSPS) is 22.6. The Morgan fingerprint density at radius 2 is 2.15 bits per heavy atom. The largest absolute Gasteiger partial charge is 0.416 e. The number of carbonyl (C=O) groups excluding carboxylic acids is 1. The first-order valence-corrected chi connectivity index (χ1v) is 6.53. The summed E-state index contributed by atoms with van der Waals surface area (Å²) in [4.78, 5) is 11.5. The van der Waals surface area contributed by atoms with Crippen LogP contribution >= 0.6 is 12.4 Å². The van der Waals surface area contributed by atoms with Gasteiger partial charge in [0.15, 0.2) is 6.10 Å². The molecule has 1 fully saturated rings. The van der Waals surface area contributed by atoms with Crippen LogP contribution in [-0.4, -0.2) is 42.9 Å². The average Bonchev–Trinajstić information content (AvgIpc) is 2.35. The molecule has 20 heavy (non-hydrogen) atoms. The smallest absolute Gasteiger partial charge is 0.382 e. The van der Waals surface area contributed by atoms with E-state index in [0.29, 0.717) is 5.92 Å². The summed E-state index contributed by atoms with van der Waals surface area (Å²) in [5.74, 6) is 0.0595. The second kappa shape index (κ2) is 8.69. The van der Waals surface area contributed by atoms with Gasteiger partial charge in [-0.25, -0.2) is 0 Å². The molecule has 0 aromatic carbocycles. The zero-order chi connectivity index (χ0) is 14.5. The lowest BCUT2D eigenvalue weighted by atomic mass is 9.85. The van der Waals surface area contributed by atoms with E-state index in [0.717, 1.165) is 25.9 Å². The van der Waals surface area contributed by atoms with E-state index in [-0.39, 0.29) is 24.7 Å². The molecule has 3 unspecified atom stereocenters.